The Hall–Kier alpha value is -2.09. The zero-order chi connectivity index (χ0) is 19.8. The quantitative estimate of drug-likeness (QED) is 0.762. The van der Waals surface area contributed by atoms with Crippen molar-refractivity contribution < 1.29 is 17.9 Å². The summed E-state index contributed by atoms with van der Waals surface area (Å²) in [4.78, 5) is 14.7. The van der Waals surface area contributed by atoms with Crippen molar-refractivity contribution in [2.24, 2.45) is 0 Å². The van der Waals surface area contributed by atoms with Crippen LogP contribution in [0.1, 0.15) is 12.5 Å². The molecule has 1 atom stereocenters. The van der Waals surface area contributed by atoms with Gasteiger partial charge in [-0.1, -0.05) is 23.7 Å². The van der Waals surface area contributed by atoms with Gasteiger partial charge >= 0.3 is 0 Å². The number of ether oxygens (including phenoxy) is 1. The van der Waals surface area contributed by atoms with Gasteiger partial charge in [0, 0.05) is 26.3 Å². The third kappa shape index (κ3) is 3.81. The standard InChI is InChI=1S/C19H21ClN2O4S/c1-13(26-18-7-5-4-6-16(18)20)19(23)22-11-10-14-12-15(8-9-17(14)22)27(24,25)21(2)3/h4-9,12-13H,10-11H2,1-3H3/t13-/m1/s1. The first-order valence-electron chi connectivity index (χ1n) is 8.50. The lowest BCUT2D eigenvalue weighted by molar-refractivity contribution is -0.124. The summed E-state index contributed by atoms with van der Waals surface area (Å²) in [6.07, 6.45) is -0.127. The summed E-state index contributed by atoms with van der Waals surface area (Å²) in [5, 5.41) is 0.442. The largest absolute Gasteiger partial charge is 0.479 e. The molecule has 0 spiro atoms. The van der Waals surface area contributed by atoms with Crippen LogP contribution >= 0.6 is 11.6 Å². The molecule has 1 aliphatic rings. The lowest BCUT2D eigenvalue weighted by atomic mass is 10.2. The van der Waals surface area contributed by atoms with E-state index in [9.17, 15) is 13.2 Å². The third-order valence-electron chi connectivity index (χ3n) is 4.48. The molecule has 0 saturated heterocycles. The number of fused-ring (bicyclic) bond motifs is 1. The van der Waals surface area contributed by atoms with Gasteiger partial charge in [0.15, 0.2) is 6.10 Å². The molecule has 2 aromatic rings. The van der Waals surface area contributed by atoms with Gasteiger partial charge in [0.2, 0.25) is 10.0 Å². The van der Waals surface area contributed by atoms with Crippen LogP contribution in [0.4, 0.5) is 5.69 Å². The maximum absolute atomic E-state index is 12.8. The monoisotopic (exact) mass is 408 g/mol. The second-order valence-corrected chi connectivity index (χ2v) is 9.07. The van der Waals surface area contributed by atoms with Crippen LogP contribution in [-0.2, 0) is 21.2 Å². The van der Waals surface area contributed by atoms with E-state index in [-0.39, 0.29) is 10.8 Å². The first kappa shape index (κ1) is 19.7. The smallest absolute Gasteiger partial charge is 0.267 e. The number of anilines is 1. The summed E-state index contributed by atoms with van der Waals surface area (Å²) in [5.74, 6) is 0.253. The minimum atomic E-state index is -3.51. The molecule has 0 N–H and O–H groups in total. The summed E-state index contributed by atoms with van der Waals surface area (Å²) in [7, 11) is -0.523. The number of nitrogens with zero attached hydrogens (tertiary/aromatic N) is 2. The third-order valence-corrected chi connectivity index (χ3v) is 6.60. The highest BCUT2D eigenvalue weighted by Crippen LogP contribution is 2.32. The Kier molecular flexibility index (Phi) is 5.46. The number of carbonyl (C=O) groups excluding carboxylic acids is 1. The van der Waals surface area contributed by atoms with Crippen LogP contribution in [0.3, 0.4) is 0 Å². The van der Waals surface area contributed by atoms with E-state index in [0.29, 0.717) is 29.4 Å². The molecular weight excluding hydrogens is 388 g/mol. The van der Waals surface area contributed by atoms with Crippen LogP contribution in [0, 0.1) is 0 Å². The topological polar surface area (TPSA) is 66.9 Å². The Morgan fingerprint density at radius 3 is 2.59 bits per heavy atom. The highest BCUT2D eigenvalue weighted by atomic mass is 35.5. The predicted octanol–water partition coefficient (Wildman–Crippen LogP) is 2.95. The number of hydrogen-bond acceptors (Lipinski definition) is 4. The van der Waals surface area contributed by atoms with Gasteiger partial charge in [-0.05, 0) is 49.2 Å². The first-order chi connectivity index (χ1) is 12.7. The molecule has 1 aliphatic heterocycles. The Labute approximate surface area is 164 Å². The molecule has 0 unspecified atom stereocenters. The van der Waals surface area contributed by atoms with Gasteiger partial charge < -0.3 is 9.64 Å². The van der Waals surface area contributed by atoms with Crippen molar-refractivity contribution in [2.45, 2.75) is 24.3 Å². The van der Waals surface area contributed by atoms with Crippen molar-refractivity contribution in [3.63, 3.8) is 0 Å². The number of amides is 1. The normalized spacial score (nSPS) is 14.9. The molecule has 0 saturated carbocycles. The fourth-order valence-corrected chi connectivity index (χ4v) is 4.11. The van der Waals surface area contributed by atoms with Crippen LogP contribution in [0.25, 0.3) is 0 Å². The van der Waals surface area contributed by atoms with Crippen LogP contribution in [0.2, 0.25) is 5.02 Å². The molecule has 0 bridgehead atoms. The molecule has 8 heteroatoms. The molecule has 0 fully saturated rings. The molecule has 2 aromatic carbocycles. The predicted molar refractivity (Wildman–Crippen MR) is 105 cm³/mol. The van der Waals surface area contributed by atoms with E-state index < -0.39 is 16.1 Å². The maximum Gasteiger partial charge on any atom is 0.267 e. The highest BCUT2D eigenvalue weighted by molar-refractivity contribution is 7.89. The lowest BCUT2D eigenvalue weighted by Crippen LogP contribution is -2.39. The number of rotatable bonds is 5. The summed E-state index contributed by atoms with van der Waals surface area (Å²) in [6, 6.07) is 11.8. The van der Waals surface area contributed by atoms with Gasteiger partial charge in [-0.15, -0.1) is 0 Å². The van der Waals surface area contributed by atoms with Crippen LogP contribution in [-0.4, -0.2) is 45.4 Å². The van der Waals surface area contributed by atoms with Crippen molar-refractivity contribution in [3.8, 4) is 5.75 Å². The molecule has 144 valence electrons. The molecule has 27 heavy (non-hydrogen) atoms. The second-order valence-electron chi connectivity index (χ2n) is 6.51. The van der Waals surface area contributed by atoms with E-state index in [1.165, 1.54) is 24.5 Å². The summed E-state index contributed by atoms with van der Waals surface area (Å²) < 4.78 is 31.5. The Morgan fingerprint density at radius 1 is 1.22 bits per heavy atom. The van der Waals surface area contributed by atoms with Gasteiger partial charge in [-0.3, -0.25) is 4.79 Å². The van der Waals surface area contributed by atoms with Crippen molar-refractivity contribution in [1.29, 1.82) is 0 Å². The van der Waals surface area contributed by atoms with Gasteiger partial charge in [0.05, 0.1) is 9.92 Å². The van der Waals surface area contributed by atoms with Crippen LogP contribution in [0.15, 0.2) is 47.4 Å². The van der Waals surface area contributed by atoms with Gasteiger partial charge in [0.25, 0.3) is 5.91 Å². The fraction of sp³-hybridized carbons (Fsp3) is 0.316. The minimum absolute atomic E-state index is 0.197. The van der Waals surface area contributed by atoms with E-state index >= 15 is 0 Å². The van der Waals surface area contributed by atoms with E-state index in [2.05, 4.69) is 0 Å². The molecule has 0 radical (unpaired) electrons. The molecule has 1 heterocycles. The lowest BCUT2D eigenvalue weighted by Gasteiger charge is -2.23. The zero-order valence-electron chi connectivity index (χ0n) is 15.3. The number of carbonyl (C=O) groups is 1. The summed E-state index contributed by atoms with van der Waals surface area (Å²) >= 11 is 6.09. The molecular formula is C19H21ClN2O4S. The van der Waals surface area contributed by atoms with Crippen molar-refractivity contribution >= 4 is 33.2 Å². The van der Waals surface area contributed by atoms with Crippen molar-refractivity contribution in [3.05, 3.63) is 53.1 Å². The molecule has 0 aliphatic carbocycles. The van der Waals surface area contributed by atoms with Gasteiger partial charge in [0.1, 0.15) is 5.75 Å². The molecule has 1 amide bonds. The summed E-state index contributed by atoms with van der Waals surface area (Å²) in [5.41, 5.74) is 1.54. The van der Waals surface area contributed by atoms with E-state index in [4.69, 9.17) is 16.3 Å². The second kappa shape index (κ2) is 7.50. The highest BCUT2D eigenvalue weighted by Gasteiger charge is 2.30. The number of benzene rings is 2. The number of hydrogen-bond donors (Lipinski definition) is 0. The number of sulfonamides is 1. The number of halogens is 1. The first-order valence-corrected chi connectivity index (χ1v) is 10.3. The molecule has 3 rings (SSSR count). The average Bonchev–Trinajstić information content (AvgIpc) is 3.05. The maximum atomic E-state index is 12.8. The Morgan fingerprint density at radius 2 is 1.93 bits per heavy atom. The van der Waals surface area contributed by atoms with Crippen LogP contribution < -0.4 is 9.64 Å². The van der Waals surface area contributed by atoms with Crippen LogP contribution in [0.5, 0.6) is 5.75 Å². The van der Waals surface area contributed by atoms with Crippen molar-refractivity contribution in [2.75, 3.05) is 25.5 Å². The van der Waals surface area contributed by atoms with E-state index in [0.717, 1.165) is 5.56 Å². The molecule has 0 aromatic heterocycles. The van der Waals surface area contributed by atoms with E-state index in [1.54, 1.807) is 48.2 Å². The van der Waals surface area contributed by atoms with Gasteiger partial charge in [-0.25, -0.2) is 12.7 Å². The average molecular weight is 409 g/mol. The molecule has 6 nitrogen and oxygen atoms in total. The van der Waals surface area contributed by atoms with E-state index in [1.807, 2.05) is 0 Å². The Balaban J connectivity index is 1.81. The number of para-hydroxylation sites is 1. The van der Waals surface area contributed by atoms with Crippen molar-refractivity contribution in [1.82, 2.24) is 4.31 Å². The summed E-state index contributed by atoms with van der Waals surface area (Å²) in [6.45, 7) is 2.16. The Bertz CT molecular complexity index is 975. The van der Waals surface area contributed by atoms with Gasteiger partial charge in [-0.2, -0.15) is 0 Å². The SMILES string of the molecule is C[C@@H](Oc1ccccc1Cl)C(=O)N1CCc2cc(S(=O)(=O)N(C)C)ccc21. The fourth-order valence-electron chi connectivity index (χ4n) is 2.98. The minimum Gasteiger partial charge on any atom is -0.479 e. The zero-order valence-corrected chi connectivity index (χ0v) is 16.9.